The van der Waals surface area contributed by atoms with Crippen LogP contribution in [0.15, 0.2) is 52.8 Å². The molecule has 1 unspecified atom stereocenters. The Morgan fingerprint density at radius 1 is 1.37 bits per heavy atom. The quantitative estimate of drug-likeness (QED) is 0.365. The van der Waals surface area contributed by atoms with Crippen LogP contribution in [0, 0.1) is 17.2 Å². The molecule has 0 bridgehead atoms. The maximum absolute atomic E-state index is 12.4. The number of aromatic amines is 1. The summed E-state index contributed by atoms with van der Waals surface area (Å²) < 4.78 is 10.4. The molecule has 152 valence electrons. The van der Waals surface area contributed by atoms with Gasteiger partial charge in [0.1, 0.15) is 24.0 Å². The van der Waals surface area contributed by atoms with E-state index in [1.165, 1.54) is 11.2 Å². The third-order valence-corrected chi connectivity index (χ3v) is 4.85. The fourth-order valence-electron chi connectivity index (χ4n) is 3.33. The van der Waals surface area contributed by atoms with Gasteiger partial charge in [0.2, 0.25) is 5.91 Å². The molecule has 1 atom stereocenters. The zero-order valence-corrected chi connectivity index (χ0v) is 15.9. The number of para-hydroxylation sites is 2. The number of rotatable bonds is 6. The van der Waals surface area contributed by atoms with Gasteiger partial charge in [-0.25, -0.2) is 4.98 Å². The van der Waals surface area contributed by atoms with Crippen molar-refractivity contribution in [1.29, 1.82) is 5.26 Å². The second-order valence-electron chi connectivity index (χ2n) is 6.90. The largest absolute Gasteiger partial charge is 0.507 e. The number of nitrogens with zero attached hydrogens (tertiary/aromatic N) is 3. The Balaban J connectivity index is 1.40. The van der Waals surface area contributed by atoms with E-state index >= 15 is 0 Å². The molecule has 0 radical (unpaired) electrons. The van der Waals surface area contributed by atoms with Gasteiger partial charge in [0, 0.05) is 13.0 Å². The molecule has 3 heterocycles. The zero-order valence-electron chi connectivity index (χ0n) is 15.9. The number of imidazole rings is 1. The highest BCUT2D eigenvalue weighted by Gasteiger charge is 2.35. The number of aliphatic hydroxyl groups is 1. The lowest BCUT2D eigenvalue weighted by Crippen LogP contribution is -2.26. The molecular weight excluding hydrogens is 388 g/mol. The number of nitriles is 1. The number of hydrogen-bond acceptors (Lipinski definition) is 7. The first-order valence-electron chi connectivity index (χ1n) is 9.29. The van der Waals surface area contributed by atoms with Gasteiger partial charge in [0.05, 0.1) is 29.8 Å². The Labute approximate surface area is 171 Å². The minimum absolute atomic E-state index is 0.0265. The molecule has 1 aromatic carbocycles. The van der Waals surface area contributed by atoms with Gasteiger partial charge >= 0.3 is 5.97 Å². The summed E-state index contributed by atoms with van der Waals surface area (Å²) in [5.74, 6) is -1.03. The number of carbonyl (C=O) groups excluding carboxylic acids is 2. The molecule has 9 nitrogen and oxygen atoms in total. The lowest BCUT2D eigenvalue weighted by Gasteiger charge is -2.14. The van der Waals surface area contributed by atoms with Crippen LogP contribution in [0.4, 0.5) is 0 Å². The smallest absolute Gasteiger partial charge is 0.311 e. The van der Waals surface area contributed by atoms with Crippen LogP contribution in [0.25, 0.3) is 16.6 Å². The number of furan rings is 1. The molecule has 1 saturated heterocycles. The molecule has 1 aliphatic heterocycles. The van der Waals surface area contributed by atoms with E-state index < -0.39 is 24.3 Å². The second-order valence-corrected chi connectivity index (χ2v) is 6.90. The molecule has 0 aliphatic carbocycles. The van der Waals surface area contributed by atoms with Crippen molar-refractivity contribution < 1.29 is 23.8 Å². The molecule has 4 rings (SSSR count). The number of benzene rings is 1. The van der Waals surface area contributed by atoms with Crippen LogP contribution in [-0.4, -0.2) is 45.0 Å². The maximum atomic E-state index is 12.4. The van der Waals surface area contributed by atoms with Crippen molar-refractivity contribution in [3.63, 3.8) is 0 Å². The summed E-state index contributed by atoms with van der Waals surface area (Å²) in [6.45, 7) is 0.00453. The average molecular weight is 406 g/mol. The summed E-state index contributed by atoms with van der Waals surface area (Å²) in [7, 11) is 0. The first-order valence-corrected chi connectivity index (χ1v) is 9.29. The SMILES string of the molecule is N#C/C(=C(/O)COC(=O)C1CC(=O)N(Cc2ccco2)C1)c1nc2ccccc2[nH]1. The normalized spacial score (nSPS) is 17.1. The Hall–Kier alpha value is -4.06. The number of H-pyrrole nitrogens is 1. The van der Waals surface area contributed by atoms with Gasteiger partial charge < -0.3 is 24.1 Å². The lowest BCUT2D eigenvalue weighted by atomic mass is 10.1. The van der Waals surface area contributed by atoms with Crippen LogP contribution in [0.1, 0.15) is 18.0 Å². The van der Waals surface area contributed by atoms with Crippen molar-refractivity contribution in [2.75, 3.05) is 13.2 Å². The second kappa shape index (κ2) is 8.13. The third kappa shape index (κ3) is 3.89. The standard InChI is InChI=1S/C21H18N4O5/c22-9-15(20-23-16-5-1-2-6-17(16)24-20)18(26)12-30-21(28)13-8-19(27)25(10-13)11-14-4-3-7-29-14/h1-7,13,26H,8,10-12H2,(H,23,24)/b18-15-. The number of ether oxygens (including phenoxy) is 1. The molecule has 1 aliphatic rings. The Morgan fingerprint density at radius 3 is 2.93 bits per heavy atom. The fraction of sp³-hybridized carbons (Fsp3) is 0.238. The van der Waals surface area contributed by atoms with Crippen LogP contribution < -0.4 is 0 Å². The van der Waals surface area contributed by atoms with Crippen LogP contribution in [-0.2, 0) is 20.9 Å². The van der Waals surface area contributed by atoms with E-state index in [4.69, 9.17) is 9.15 Å². The fourth-order valence-corrected chi connectivity index (χ4v) is 3.33. The van der Waals surface area contributed by atoms with E-state index in [0.717, 1.165) is 0 Å². The van der Waals surface area contributed by atoms with Crippen molar-refractivity contribution in [1.82, 2.24) is 14.9 Å². The molecule has 9 heteroatoms. The molecule has 2 N–H and O–H groups in total. The highest BCUT2D eigenvalue weighted by Crippen LogP contribution is 2.23. The number of carbonyl (C=O) groups is 2. The van der Waals surface area contributed by atoms with Gasteiger partial charge in [-0.1, -0.05) is 12.1 Å². The van der Waals surface area contributed by atoms with Gasteiger partial charge in [-0.2, -0.15) is 5.26 Å². The summed E-state index contributed by atoms with van der Waals surface area (Å²) in [5, 5.41) is 19.7. The van der Waals surface area contributed by atoms with Crippen molar-refractivity contribution in [3.8, 4) is 6.07 Å². The van der Waals surface area contributed by atoms with Crippen LogP contribution in [0.3, 0.4) is 0 Å². The van der Waals surface area contributed by atoms with E-state index in [0.29, 0.717) is 16.8 Å². The number of aliphatic hydroxyl groups excluding tert-OH is 1. The summed E-state index contributed by atoms with van der Waals surface area (Å²) in [5.41, 5.74) is 1.25. The lowest BCUT2D eigenvalue weighted by molar-refractivity contribution is -0.148. The van der Waals surface area contributed by atoms with Gasteiger partial charge in [0.25, 0.3) is 0 Å². The van der Waals surface area contributed by atoms with E-state index in [9.17, 15) is 20.0 Å². The van der Waals surface area contributed by atoms with Crippen molar-refractivity contribution in [2.45, 2.75) is 13.0 Å². The highest BCUT2D eigenvalue weighted by molar-refractivity contribution is 5.87. The zero-order chi connectivity index (χ0) is 21.1. The Morgan fingerprint density at radius 2 is 2.20 bits per heavy atom. The Bertz CT molecular complexity index is 1120. The topological polar surface area (TPSA) is 132 Å². The highest BCUT2D eigenvalue weighted by atomic mass is 16.5. The number of likely N-dealkylation sites (tertiary alicyclic amines) is 1. The Kier molecular flexibility index (Phi) is 5.22. The van der Waals surface area contributed by atoms with Crippen LogP contribution >= 0.6 is 0 Å². The van der Waals surface area contributed by atoms with Gasteiger partial charge in [-0.15, -0.1) is 0 Å². The molecule has 30 heavy (non-hydrogen) atoms. The molecule has 0 spiro atoms. The number of fused-ring (bicyclic) bond motifs is 1. The van der Waals surface area contributed by atoms with Gasteiger partial charge in [-0.05, 0) is 24.3 Å². The minimum Gasteiger partial charge on any atom is -0.507 e. The van der Waals surface area contributed by atoms with Crippen LogP contribution in [0.5, 0.6) is 0 Å². The van der Waals surface area contributed by atoms with Crippen molar-refractivity contribution in [3.05, 3.63) is 60.0 Å². The molecule has 3 aromatic rings. The van der Waals surface area contributed by atoms with Crippen molar-refractivity contribution in [2.24, 2.45) is 5.92 Å². The molecule has 2 aromatic heterocycles. The summed E-state index contributed by atoms with van der Waals surface area (Å²) in [4.78, 5) is 33.2. The van der Waals surface area contributed by atoms with Gasteiger partial charge in [-0.3, -0.25) is 9.59 Å². The third-order valence-electron chi connectivity index (χ3n) is 4.85. The number of aromatic nitrogens is 2. The number of amides is 1. The summed E-state index contributed by atoms with van der Waals surface area (Å²) in [6.07, 6.45) is 1.55. The van der Waals surface area contributed by atoms with Crippen LogP contribution in [0.2, 0.25) is 0 Å². The number of hydrogen-bond donors (Lipinski definition) is 2. The summed E-state index contributed by atoms with van der Waals surface area (Å²) in [6, 6.07) is 12.6. The number of esters is 1. The van der Waals surface area contributed by atoms with E-state index in [2.05, 4.69) is 9.97 Å². The predicted molar refractivity (Wildman–Crippen MR) is 104 cm³/mol. The average Bonchev–Trinajstić information content (AvgIpc) is 3.47. The molecule has 1 amide bonds. The van der Waals surface area contributed by atoms with E-state index in [1.807, 2.05) is 18.2 Å². The number of nitrogens with one attached hydrogen (secondary N) is 1. The first-order chi connectivity index (χ1) is 14.5. The summed E-state index contributed by atoms with van der Waals surface area (Å²) >= 11 is 0. The van der Waals surface area contributed by atoms with Crippen molar-refractivity contribution >= 4 is 28.5 Å². The first kappa shape index (κ1) is 19.3. The van der Waals surface area contributed by atoms with E-state index in [1.54, 1.807) is 24.3 Å². The molecular formula is C21H18N4O5. The predicted octanol–water partition coefficient (Wildman–Crippen LogP) is 2.54. The molecule has 0 saturated carbocycles. The monoisotopic (exact) mass is 406 g/mol. The minimum atomic E-state index is -0.642. The van der Waals surface area contributed by atoms with E-state index in [-0.39, 0.29) is 36.8 Å². The number of allylic oxidation sites excluding steroid dienone is 1. The molecule has 1 fully saturated rings. The van der Waals surface area contributed by atoms with Gasteiger partial charge in [0.15, 0.2) is 11.6 Å². The maximum Gasteiger partial charge on any atom is 0.311 e.